The zero-order valence-corrected chi connectivity index (χ0v) is 30.4. The Bertz CT molecular complexity index is 1290. The number of ether oxygens (including phenoxy) is 3. The summed E-state index contributed by atoms with van der Waals surface area (Å²) in [7, 11) is 0. The van der Waals surface area contributed by atoms with Crippen LogP contribution in [0.5, 0.6) is 11.5 Å². The summed E-state index contributed by atoms with van der Waals surface area (Å²) in [5, 5.41) is 59.3. The number of fused-ring (bicyclic) bond motifs is 1. The molecule has 0 saturated carbocycles. The van der Waals surface area contributed by atoms with Crippen molar-refractivity contribution in [3.05, 3.63) is 34.1 Å². The molecule has 1 unspecified atom stereocenters. The number of aliphatic hydroxyl groups is 4. The van der Waals surface area contributed by atoms with Crippen LogP contribution in [0.4, 0.5) is 0 Å². The molecule has 1 aromatic carbocycles. The summed E-state index contributed by atoms with van der Waals surface area (Å²) in [4.78, 5) is 0. The van der Waals surface area contributed by atoms with Crippen molar-refractivity contribution in [1.29, 1.82) is 0 Å². The van der Waals surface area contributed by atoms with Gasteiger partial charge < -0.3 is 39.7 Å². The fourth-order valence-corrected chi connectivity index (χ4v) is 7.23. The maximum absolute atomic E-state index is 11.2. The van der Waals surface area contributed by atoms with Gasteiger partial charge in [0.2, 0.25) is 0 Å². The lowest BCUT2D eigenvalue weighted by molar-refractivity contribution is -0.304. The summed E-state index contributed by atoms with van der Waals surface area (Å²) >= 11 is 0. The van der Waals surface area contributed by atoms with E-state index in [1.165, 1.54) is 83.5 Å². The molecule has 5 N–H and O–H groups in total. The van der Waals surface area contributed by atoms with Gasteiger partial charge in [-0.2, -0.15) is 0 Å². The second kappa shape index (κ2) is 19.4. The normalized spacial score (nSPS) is 25.3. The van der Waals surface area contributed by atoms with Crippen LogP contribution in [0.1, 0.15) is 145 Å². The number of aromatic hydroxyl groups is 1. The second-order valence-electron chi connectivity index (χ2n) is 14.7. The lowest BCUT2D eigenvalue weighted by Crippen LogP contribution is -2.59. The molecule has 0 bridgehead atoms. The Balaban J connectivity index is 1.24. The van der Waals surface area contributed by atoms with Crippen LogP contribution in [0.25, 0.3) is 0 Å². The van der Waals surface area contributed by atoms with Crippen molar-refractivity contribution in [3.8, 4) is 11.5 Å². The fourth-order valence-electron chi connectivity index (χ4n) is 7.23. The van der Waals surface area contributed by atoms with Crippen LogP contribution in [0, 0.1) is 13.8 Å². The molecule has 11 nitrogen and oxygen atoms in total. The van der Waals surface area contributed by atoms with Crippen molar-refractivity contribution in [2.75, 3.05) is 6.61 Å². The van der Waals surface area contributed by atoms with Gasteiger partial charge in [0.1, 0.15) is 47.2 Å². The minimum atomic E-state index is -1.52. The Morgan fingerprint density at radius 3 is 2.10 bits per heavy atom. The highest BCUT2D eigenvalue weighted by atomic mass is 16.7. The monoisotopic (exact) mass is 689 g/mol. The highest BCUT2D eigenvalue weighted by Crippen LogP contribution is 2.45. The van der Waals surface area contributed by atoms with Crippen LogP contribution in [0.15, 0.2) is 6.20 Å². The van der Waals surface area contributed by atoms with E-state index < -0.39 is 37.3 Å². The van der Waals surface area contributed by atoms with E-state index in [2.05, 4.69) is 24.2 Å². The van der Waals surface area contributed by atoms with Crippen LogP contribution in [-0.4, -0.2) is 83.4 Å². The molecule has 2 aliphatic heterocycles. The minimum Gasteiger partial charge on any atom is -0.507 e. The van der Waals surface area contributed by atoms with Gasteiger partial charge in [-0.3, -0.25) is 0 Å². The van der Waals surface area contributed by atoms with E-state index in [4.69, 9.17) is 14.2 Å². The molecule has 278 valence electrons. The molecular weight excluding hydrogens is 626 g/mol. The predicted molar refractivity (Wildman–Crippen MR) is 188 cm³/mol. The standard InChI is InChI=1S/C38H63N3O8/c1-5-6-7-8-9-10-11-12-13-14-15-16-17-18-20-38(4)21-19-29-30(32(43)26(2)27(3)36(29)49-38)23-41-22-28(39-40-41)25-47-37-35(46)34(45)33(44)31(24-42)48-37/h22,31,33-35,37,42-46H,5-21,23-25H2,1-4H3/t31-,33-,34-,35-,37-,38?/m0/s1. The smallest absolute Gasteiger partial charge is 0.187 e. The van der Waals surface area contributed by atoms with E-state index in [1.54, 1.807) is 10.9 Å². The Morgan fingerprint density at radius 2 is 1.49 bits per heavy atom. The Hall–Kier alpha value is -2.28. The van der Waals surface area contributed by atoms with Crippen LogP contribution in [0.2, 0.25) is 0 Å². The third-order valence-electron chi connectivity index (χ3n) is 10.6. The molecule has 3 heterocycles. The molecule has 0 amide bonds. The minimum absolute atomic E-state index is 0.0829. The van der Waals surface area contributed by atoms with Gasteiger partial charge in [-0.25, -0.2) is 4.68 Å². The first kappa shape index (κ1) is 39.5. The fraction of sp³-hybridized carbons (Fsp3) is 0.789. The van der Waals surface area contributed by atoms with Crippen LogP contribution in [0.3, 0.4) is 0 Å². The lowest BCUT2D eigenvalue weighted by Gasteiger charge is -2.39. The van der Waals surface area contributed by atoms with Gasteiger partial charge in [-0.15, -0.1) is 5.10 Å². The average molecular weight is 690 g/mol. The molecule has 2 aromatic rings. The molecule has 2 aliphatic rings. The topological polar surface area (TPSA) is 160 Å². The molecule has 6 atom stereocenters. The first-order valence-corrected chi connectivity index (χ1v) is 18.9. The Morgan fingerprint density at radius 1 is 0.878 bits per heavy atom. The largest absolute Gasteiger partial charge is 0.507 e. The van der Waals surface area contributed by atoms with Crippen LogP contribution < -0.4 is 4.74 Å². The summed E-state index contributed by atoms with van der Waals surface area (Å²) in [6.07, 6.45) is 16.4. The third-order valence-corrected chi connectivity index (χ3v) is 10.6. The maximum atomic E-state index is 11.2. The SMILES string of the molecule is CCCCCCCCCCCCCCCCC1(C)CCc2c(Cn3cc(CO[C@H]4O[C@@H](CO)[C@H](O)[C@H](O)[C@@H]4O)nn3)c(O)c(C)c(C)c2O1. The number of hydrogen-bond acceptors (Lipinski definition) is 10. The number of aliphatic hydroxyl groups excluding tert-OH is 4. The second-order valence-corrected chi connectivity index (χ2v) is 14.7. The van der Waals surface area contributed by atoms with Crippen molar-refractivity contribution < 1.29 is 39.7 Å². The first-order chi connectivity index (χ1) is 23.6. The summed E-state index contributed by atoms with van der Waals surface area (Å²) in [5.41, 5.74) is 3.75. The van der Waals surface area contributed by atoms with Gasteiger partial charge in [-0.05, 0) is 57.6 Å². The zero-order valence-electron chi connectivity index (χ0n) is 30.4. The Kier molecular flexibility index (Phi) is 15.6. The number of unbranched alkanes of at least 4 members (excludes halogenated alkanes) is 13. The predicted octanol–water partition coefficient (Wildman–Crippen LogP) is 5.92. The number of phenolic OH excluding ortho intramolecular Hbond substituents is 1. The van der Waals surface area contributed by atoms with E-state index in [0.717, 1.165) is 53.7 Å². The number of nitrogens with zero attached hydrogens (tertiary/aromatic N) is 3. The van der Waals surface area contributed by atoms with Crippen molar-refractivity contribution in [3.63, 3.8) is 0 Å². The van der Waals surface area contributed by atoms with Gasteiger partial charge in [0, 0.05) is 11.1 Å². The molecule has 11 heteroatoms. The Labute approximate surface area is 293 Å². The summed E-state index contributed by atoms with van der Waals surface area (Å²) in [5.74, 6) is 1.11. The molecule has 0 radical (unpaired) electrons. The molecule has 1 saturated heterocycles. The summed E-state index contributed by atoms with van der Waals surface area (Å²) < 4.78 is 19.4. The number of phenols is 1. The molecule has 4 rings (SSSR count). The number of benzene rings is 1. The number of hydrogen-bond donors (Lipinski definition) is 5. The van der Waals surface area contributed by atoms with E-state index in [0.29, 0.717) is 12.2 Å². The summed E-state index contributed by atoms with van der Waals surface area (Å²) in [6.45, 7) is 8.10. The molecular formula is C38H63N3O8. The maximum Gasteiger partial charge on any atom is 0.187 e. The molecule has 1 fully saturated rings. The first-order valence-electron chi connectivity index (χ1n) is 18.9. The van der Waals surface area contributed by atoms with Gasteiger partial charge >= 0.3 is 0 Å². The molecule has 0 aliphatic carbocycles. The molecule has 1 aromatic heterocycles. The van der Waals surface area contributed by atoms with E-state index >= 15 is 0 Å². The van der Waals surface area contributed by atoms with Gasteiger partial charge in [0.15, 0.2) is 6.29 Å². The van der Waals surface area contributed by atoms with Crippen molar-refractivity contribution >= 4 is 0 Å². The average Bonchev–Trinajstić information content (AvgIpc) is 3.55. The molecule has 49 heavy (non-hydrogen) atoms. The van der Waals surface area contributed by atoms with Crippen molar-refractivity contribution in [1.82, 2.24) is 15.0 Å². The van der Waals surface area contributed by atoms with E-state index in [1.807, 2.05) is 13.8 Å². The van der Waals surface area contributed by atoms with Crippen molar-refractivity contribution in [2.24, 2.45) is 0 Å². The van der Waals surface area contributed by atoms with Crippen LogP contribution >= 0.6 is 0 Å². The quantitative estimate of drug-likeness (QED) is 0.0996. The van der Waals surface area contributed by atoms with Gasteiger partial charge in [0.05, 0.1) is 26.0 Å². The number of aromatic nitrogens is 3. The van der Waals surface area contributed by atoms with E-state index in [-0.39, 0.29) is 18.0 Å². The van der Waals surface area contributed by atoms with Gasteiger partial charge in [0.25, 0.3) is 0 Å². The number of rotatable bonds is 21. The summed E-state index contributed by atoms with van der Waals surface area (Å²) in [6, 6.07) is 0. The lowest BCUT2D eigenvalue weighted by atomic mass is 9.84. The highest BCUT2D eigenvalue weighted by molar-refractivity contribution is 5.59. The van der Waals surface area contributed by atoms with Crippen LogP contribution in [-0.2, 0) is 29.0 Å². The zero-order chi connectivity index (χ0) is 35.4. The highest BCUT2D eigenvalue weighted by Gasteiger charge is 2.44. The third kappa shape index (κ3) is 10.9. The van der Waals surface area contributed by atoms with E-state index in [9.17, 15) is 25.5 Å². The van der Waals surface area contributed by atoms with Crippen molar-refractivity contribution in [2.45, 2.75) is 186 Å². The molecule has 0 spiro atoms. The van der Waals surface area contributed by atoms with Gasteiger partial charge in [-0.1, -0.05) is 95.6 Å².